The van der Waals surface area contributed by atoms with Crippen LogP contribution in [-0.4, -0.2) is 24.6 Å². The first-order valence-corrected chi connectivity index (χ1v) is 7.20. The molecule has 1 heterocycles. The molecule has 8 heteroatoms. The first kappa shape index (κ1) is 12.7. The molecule has 0 spiro atoms. The Morgan fingerprint density at radius 3 is 2.82 bits per heavy atom. The monoisotopic (exact) mass is 291 g/mol. The molecule has 0 aliphatic heterocycles. The lowest BCUT2D eigenvalue weighted by molar-refractivity contribution is 0.134. The van der Waals surface area contributed by atoms with E-state index in [0.29, 0.717) is 15.4 Å². The first-order valence-electron chi connectivity index (χ1n) is 4.53. The van der Waals surface area contributed by atoms with E-state index in [4.69, 9.17) is 21.5 Å². The summed E-state index contributed by atoms with van der Waals surface area (Å²) in [5.74, 6) is 0. The number of methoxy groups -OCH3 is 1. The van der Waals surface area contributed by atoms with Gasteiger partial charge in [0.15, 0.2) is 3.95 Å². The van der Waals surface area contributed by atoms with E-state index in [1.165, 1.54) is 23.5 Å². The summed E-state index contributed by atoms with van der Waals surface area (Å²) in [7, 11) is -2.62. The van der Waals surface area contributed by atoms with E-state index < -0.39 is 10.1 Å². The largest absolute Gasteiger partial charge is 0.364 e. The third-order valence-electron chi connectivity index (χ3n) is 2.20. The molecule has 0 aliphatic rings. The van der Waals surface area contributed by atoms with Gasteiger partial charge in [0.1, 0.15) is 6.73 Å². The Kier molecular flexibility index (Phi) is 3.32. The van der Waals surface area contributed by atoms with Crippen LogP contribution in [0.2, 0.25) is 0 Å². The molecular weight excluding hydrogens is 282 g/mol. The lowest BCUT2D eigenvalue weighted by Gasteiger charge is -2.02. The smallest absolute Gasteiger partial charge is 0.294 e. The normalized spacial score (nSPS) is 12.1. The average molecular weight is 291 g/mol. The molecule has 0 bridgehead atoms. The Morgan fingerprint density at radius 2 is 2.24 bits per heavy atom. The van der Waals surface area contributed by atoms with Gasteiger partial charge in [0.05, 0.1) is 15.1 Å². The third-order valence-corrected chi connectivity index (χ3v) is 4.46. The summed E-state index contributed by atoms with van der Waals surface area (Å²) in [5.41, 5.74) is 0.786. The SMILES string of the molecule is COCn1c(=S)sc2cc(S(=O)(=O)O)ccc21. The molecule has 5 nitrogen and oxygen atoms in total. The molecule has 0 amide bonds. The zero-order valence-corrected chi connectivity index (χ0v) is 11.2. The molecule has 0 saturated heterocycles. The van der Waals surface area contributed by atoms with Crippen molar-refractivity contribution in [3.8, 4) is 0 Å². The van der Waals surface area contributed by atoms with Crippen molar-refractivity contribution in [2.24, 2.45) is 0 Å². The maximum absolute atomic E-state index is 11.0. The van der Waals surface area contributed by atoms with Crippen molar-refractivity contribution >= 4 is 43.9 Å². The Bertz CT molecular complexity index is 713. The number of hydrogen-bond donors (Lipinski definition) is 1. The zero-order chi connectivity index (χ0) is 12.6. The molecule has 1 aromatic heterocycles. The predicted octanol–water partition coefficient (Wildman–Crippen LogP) is 2.28. The number of ether oxygens (including phenoxy) is 1. The minimum absolute atomic E-state index is 0.134. The number of aromatic nitrogens is 1. The maximum atomic E-state index is 11.0. The van der Waals surface area contributed by atoms with Crippen molar-refractivity contribution in [1.82, 2.24) is 4.57 Å². The fourth-order valence-corrected chi connectivity index (χ4v) is 3.38. The Morgan fingerprint density at radius 1 is 1.53 bits per heavy atom. The van der Waals surface area contributed by atoms with Crippen molar-refractivity contribution in [3.05, 3.63) is 22.2 Å². The summed E-state index contributed by atoms with van der Waals surface area (Å²) in [4.78, 5) is -0.134. The third kappa shape index (κ3) is 2.40. The Hall–Kier alpha value is -0.800. The van der Waals surface area contributed by atoms with Crippen molar-refractivity contribution in [2.75, 3.05) is 7.11 Å². The molecule has 0 saturated carbocycles. The molecule has 0 atom stereocenters. The topological polar surface area (TPSA) is 68.5 Å². The second kappa shape index (κ2) is 4.46. The highest BCUT2D eigenvalue weighted by atomic mass is 32.2. The van der Waals surface area contributed by atoms with E-state index in [1.807, 2.05) is 0 Å². The number of nitrogens with zero attached hydrogens (tertiary/aromatic N) is 1. The van der Waals surface area contributed by atoms with Crippen molar-refractivity contribution in [1.29, 1.82) is 0 Å². The average Bonchev–Trinajstić information content (AvgIpc) is 2.54. The van der Waals surface area contributed by atoms with Crippen molar-refractivity contribution < 1.29 is 17.7 Å². The summed E-state index contributed by atoms with van der Waals surface area (Å²) < 4.78 is 39.0. The van der Waals surface area contributed by atoms with E-state index in [-0.39, 0.29) is 4.90 Å². The number of fused-ring (bicyclic) bond motifs is 1. The molecule has 0 aliphatic carbocycles. The van der Waals surface area contributed by atoms with Gasteiger partial charge in [-0.15, -0.1) is 11.3 Å². The van der Waals surface area contributed by atoms with Gasteiger partial charge in [0, 0.05) is 7.11 Å². The highest BCUT2D eigenvalue weighted by Gasteiger charge is 2.12. The van der Waals surface area contributed by atoms with Crippen LogP contribution in [0.3, 0.4) is 0 Å². The number of rotatable bonds is 3. The summed E-state index contributed by atoms with van der Waals surface area (Å²) in [6, 6.07) is 4.34. The molecular formula is C9H9NO4S3. The fourth-order valence-electron chi connectivity index (χ4n) is 1.46. The van der Waals surface area contributed by atoms with Gasteiger partial charge in [-0.05, 0) is 30.4 Å². The van der Waals surface area contributed by atoms with E-state index in [0.717, 1.165) is 5.52 Å². The molecule has 2 aromatic rings. The molecule has 1 aromatic carbocycles. The van der Waals surface area contributed by atoms with E-state index in [9.17, 15) is 8.42 Å². The highest BCUT2D eigenvalue weighted by molar-refractivity contribution is 7.85. The van der Waals surface area contributed by atoms with Gasteiger partial charge >= 0.3 is 0 Å². The number of thiazole rings is 1. The first-order chi connectivity index (χ1) is 7.93. The molecule has 0 fully saturated rings. The lowest BCUT2D eigenvalue weighted by Crippen LogP contribution is -2.00. The molecule has 17 heavy (non-hydrogen) atoms. The molecule has 0 radical (unpaired) electrons. The van der Waals surface area contributed by atoms with Gasteiger partial charge in [0.25, 0.3) is 10.1 Å². The van der Waals surface area contributed by atoms with Crippen molar-refractivity contribution in [3.63, 3.8) is 0 Å². The molecule has 92 valence electrons. The number of hydrogen-bond acceptors (Lipinski definition) is 5. The van der Waals surface area contributed by atoms with E-state index in [2.05, 4.69) is 0 Å². The van der Waals surface area contributed by atoms with Crippen LogP contribution in [0.1, 0.15) is 0 Å². The van der Waals surface area contributed by atoms with Gasteiger partial charge in [-0.3, -0.25) is 9.12 Å². The molecule has 0 unspecified atom stereocenters. The van der Waals surface area contributed by atoms with Gasteiger partial charge in [-0.1, -0.05) is 0 Å². The summed E-state index contributed by atoms with van der Waals surface area (Å²) in [6.45, 7) is 0.310. The quantitative estimate of drug-likeness (QED) is 0.694. The van der Waals surface area contributed by atoms with Crippen LogP contribution >= 0.6 is 23.6 Å². The van der Waals surface area contributed by atoms with Crippen molar-refractivity contribution in [2.45, 2.75) is 11.6 Å². The lowest BCUT2D eigenvalue weighted by atomic mass is 10.3. The van der Waals surface area contributed by atoms with Crippen LogP contribution in [0.25, 0.3) is 10.2 Å². The number of benzene rings is 1. The van der Waals surface area contributed by atoms with Gasteiger partial charge in [0.2, 0.25) is 0 Å². The summed E-state index contributed by atoms with van der Waals surface area (Å²) >= 11 is 6.42. The molecule has 2 rings (SSSR count). The van der Waals surface area contributed by atoms with Crippen LogP contribution in [0, 0.1) is 3.95 Å². The van der Waals surface area contributed by atoms with Crippen LogP contribution in [-0.2, 0) is 21.6 Å². The van der Waals surface area contributed by atoms with Crippen LogP contribution in [0.5, 0.6) is 0 Å². The summed E-state index contributed by atoms with van der Waals surface area (Å²) in [6.07, 6.45) is 0. The molecule has 1 N–H and O–H groups in total. The minimum atomic E-state index is -4.18. The maximum Gasteiger partial charge on any atom is 0.294 e. The Labute approximate surface area is 107 Å². The predicted molar refractivity (Wildman–Crippen MR) is 67.5 cm³/mol. The van der Waals surface area contributed by atoms with Crippen LogP contribution in [0.15, 0.2) is 23.1 Å². The van der Waals surface area contributed by atoms with Gasteiger partial charge in [-0.25, -0.2) is 0 Å². The summed E-state index contributed by atoms with van der Waals surface area (Å²) in [5, 5.41) is 0. The van der Waals surface area contributed by atoms with E-state index >= 15 is 0 Å². The van der Waals surface area contributed by atoms with Crippen LogP contribution in [0.4, 0.5) is 0 Å². The van der Waals surface area contributed by atoms with Gasteiger partial charge < -0.3 is 4.74 Å². The van der Waals surface area contributed by atoms with Crippen LogP contribution < -0.4 is 0 Å². The van der Waals surface area contributed by atoms with Gasteiger partial charge in [-0.2, -0.15) is 8.42 Å². The second-order valence-corrected chi connectivity index (χ2v) is 6.42. The zero-order valence-electron chi connectivity index (χ0n) is 8.78. The highest BCUT2D eigenvalue weighted by Crippen LogP contribution is 2.26. The minimum Gasteiger partial charge on any atom is -0.364 e. The fraction of sp³-hybridized carbons (Fsp3) is 0.222. The van der Waals surface area contributed by atoms with E-state index in [1.54, 1.807) is 17.7 Å². The second-order valence-electron chi connectivity index (χ2n) is 3.32. The Balaban J connectivity index is 2.70. The standard InChI is InChI=1S/C9H9NO4S3/c1-14-5-10-7-3-2-6(17(11,12)13)4-8(7)16-9(10)15/h2-4H,5H2,1H3,(H,11,12,13).